The van der Waals surface area contributed by atoms with Crippen molar-refractivity contribution < 1.29 is 296 Å². The Hall–Kier alpha value is 5.08. The molecule has 0 saturated heterocycles. The van der Waals surface area contributed by atoms with Crippen LogP contribution in [0.3, 0.4) is 0 Å². The second-order valence-corrected chi connectivity index (χ2v) is 1.00. The topological polar surface area (TPSA) is 253 Å². The maximum atomic E-state index is 8.33. The third kappa shape index (κ3) is 714. The Morgan fingerprint density at radius 2 is 0.292 bits per heavy atom. The SMILES string of the molecule is O=C([O-])[O-].O=C([O-])[O-].O=C([O-])[O-].O=C([O-])[O-].[Na+].[Na+].[Na+].[Na+].[Na+].[Na+].[Na+].[Na+]. The van der Waals surface area contributed by atoms with Gasteiger partial charge in [-0.1, -0.05) is 0 Å². The summed E-state index contributed by atoms with van der Waals surface area (Å²) in [5, 5.41) is 66.7. The molecule has 0 heterocycles. The van der Waals surface area contributed by atoms with Gasteiger partial charge >= 0.3 is 236 Å². The largest absolute Gasteiger partial charge is 1.00 e. The fourth-order valence-corrected chi connectivity index (χ4v) is 0. The van der Waals surface area contributed by atoms with Crippen LogP contribution in [-0.2, 0) is 0 Å². The first-order valence-corrected chi connectivity index (χ1v) is 2.45. The standard InChI is InChI=1S/4CH2O3.8Na/c4*2-1(3)4;;;;;;;;/h4*(H2,2,3,4);;;;;;;;/q;;;;8*+1/p-8. The van der Waals surface area contributed by atoms with E-state index in [1.54, 1.807) is 0 Å². The number of carbonyl (C=O) groups excluding carboxylic acids is 4. The predicted molar refractivity (Wildman–Crippen MR) is 21.6 cm³/mol. The first-order chi connectivity index (χ1) is 6.93. The van der Waals surface area contributed by atoms with E-state index in [4.69, 9.17) is 60.0 Å². The molecule has 20 heteroatoms. The predicted octanol–water partition coefficient (Wildman–Crippen LogP) is -33.8. The molecule has 24 heavy (non-hydrogen) atoms. The van der Waals surface area contributed by atoms with Crippen LogP contribution in [0.15, 0.2) is 0 Å². The van der Waals surface area contributed by atoms with Crippen molar-refractivity contribution in [1.82, 2.24) is 0 Å². The Morgan fingerprint density at radius 3 is 0.292 bits per heavy atom. The fraction of sp³-hybridized carbons (Fsp3) is 0. The summed E-state index contributed by atoms with van der Waals surface area (Å²) in [7, 11) is 0. The first kappa shape index (κ1) is 78.6. The number of hydrogen-bond acceptors (Lipinski definition) is 12. The van der Waals surface area contributed by atoms with Gasteiger partial charge in [0, 0.05) is 0 Å². The molecular formula is C4Na8O12. The second kappa shape index (κ2) is 70.6. The Balaban J connectivity index is -0.00000000720. The minimum Gasteiger partial charge on any atom is -0.652 e. The number of carboxylic acid groups (broad SMARTS) is 8. The quantitative estimate of drug-likeness (QED) is 0.329. The minimum absolute atomic E-state index is 0. The Bertz CT molecular complexity index is 175. The molecule has 0 rings (SSSR count). The zero-order valence-corrected chi connectivity index (χ0v) is 30.9. The summed E-state index contributed by atoms with van der Waals surface area (Å²) < 4.78 is 0. The molecule has 0 unspecified atom stereocenters. The molecule has 0 atom stereocenters. The Morgan fingerprint density at radius 1 is 0.292 bits per heavy atom. The van der Waals surface area contributed by atoms with E-state index >= 15 is 0 Å². The van der Waals surface area contributed by atoms with E-state index in [1.165, 1.54) is 0 Å². The van der Waals surface area contributed by atoms with Gasteiger partial charge in [-0.25, -0.2) is 0 Å². The summed E-state index contributed by atoms with van der Waals surface area (Å²) in [4.78, 5) is 33.3. The monoisotopic (exact) mass is 424 g/mol. The van der Waals surface area contributed by atoms with Crippen molar-refractivity contribution in [1.29, 1.82) is 0 Å². The van der Waals surface area contributed by atoms with Crippen molar-refractivity contribution in [3.05, 3.63) is 0 Å². The van der Waals surface area contributed by atoms with Crippen molar-refractivity contribution in [2.75, 3.05) is 0 Å². The van der Waals surface area contributed by atoms with E-state index in [9.17, 15) is 0 Å². The molecule has 0 aliphatic heterocycles. The normalized spacial score (nSPS) is 4.00. The third-order valence-corrected chi connectivity index (χ3v) is 0. The van der Waals surface area contributed by atoms with Crippen LogP contribution in [0.1, 0.15) is 0 Å². The summed E-state index contributed by atoms with van der Waals surface area (Å²) in [6.07, 6.45) is -9.33. The summed E-state index contributed by atoms with van der Waals surface area (Å²) >= 11 is 0. The number of carbonyl (C=O) groups is 4. The first-order valence-electron chi connectivity index (χ1n) is 2.45. The molecule has 0 amide bonds. The van der Waals surface area contributed by atoms with Gasteiger partial charge in [-0.3, -0.25) is 0 Å². The van der Waals surface area contributed by atoms with Crippen LogP contribution in [-0.4, -0.2) is 24.6 Å². The zero-order valence-electron chi connectivity index (χ0n) is 14.9. The summed E-state index contributed by atoms with van der Waals surface area (Å²) in [5.41, 5.74) is 0. The van der Waals surface area contributed by atoms with Crippen LogP contribution in [0.2, 0.25) is 0 Å². The Kier molecular flexibility index (Phi) is 231. The molecule has 12 nitrogen and oxygen atoms in total. The van der Waals surface area contributed by atoms with E-state index in [2.05, 4.69) is 0 Å². The van der Waals surface area contributed by atoms with Crippen LogP contribution in [0.5, 0.6) is 0 Å². The molecule has 0 spiro atoms. The van der Waals surface area contributed by atoms with Crippen LogP contribution in [0, 0.1) is 0 Å². The van der Waals surface area contributed by atoms with Gasteiger partial charge in [0.05, 0.1) is 0 Å². The third-order valence-electron chi connectivity index (χ3n) is 0. The molecule has 0 radical (unpaired) electrons. The smallest absolute Gasteiger partial charge is 0.652 e. The van der Waals surface area contributed by atoms with Gasteiger partial charge < -0.3 is 60.0 Å². The molecule has 0 saturated carbocycles. The molecule has 0 bridgehead atoms. The van der Waals surface area contributed by atoms with Gasteiger partial charge in [-0.05, 0) is 24.6 Å². The van der Waals surface area contributed by atoms with Crippen LogP contribution < -0.4 is 277 Å². The van der Waals surface area contributed by atoms with Crippen LogP contribution in [0.25, 0.3) is 0 Å². The van der Waals surface area contributed by atoms with Crippen LogP contribution >= 0.6 is 0 Å². The average molecular weight is 424 g/mol. The maximum Gasteiger partial charge on any atom is 1.00 e. The van der Waals surface area contributed by atoms with E-state index in [1.807, 2.05) is 0 Å². The van der Waals surface area contributed by atoms with Gasteiger partial charge in [-0.15, -0.1) is 0 Å². The molecule has 0 aromatic heterocycles. The maximum absolute atomic E-state index is 8.33. The summed E-state index contributed by atoms with van der Waals surface area (Å²) in [6.45, 7) is 0. The van der Waals surface area contributed by atoms with Crippen molar-refractivity contribution in [3.8, 4) is 0 Å². The van der Waals surface area contributed by atoms with E-state index in [0.717, 1.165) is 0 Å². The zero-order chi connectivity index (χ0) is 14.3. The summed E-state index contributed by atoms with van der Waals surface area (Å²) in [5.74, 6) is 0. The van der Waals surface area contributed by atoms with E-state index in [-0.39, 0.29) is 236 Å². The average Bonchev–Trinajstić information content (AvgIpc) is 1.76. The van der Waals surface area contributed by atoms with Crippen molar-refractivity contribution in [3.63, 3.8) is 0 Å². The molecule has 96 valence electrons. The molecule has 0 aromatic rings. The second-order valence-electron chi connectivity index (χ2n) is 1.00. The van der Waals surface area contributed by atoms with Crippen molar-refractivity contribution in [2.24, 2.45) is 0 Å². The molecule has 0 fully saturated rings. The molecule has 0 aromatic carbocycles. The molecular weight excluding hydrogens is 424 g/mol. The Labute approximate surface area is 313 Å². The van der Waals surface area contributed by atoms with Crippen molar-refractivity contribution >= 4 is 24.6 Å². The molecule has 0 aliphatic rings. The van der Waals surface area contributed by atoms with Gasteiger partial charge in [0.2, 0.25) is 0 Å². The molecule has 0 N–H and O–H groups in total. The van der Waals surface area contributed by atoms with Gasteiger partial charge in [0.25, 0.3) is 0 Å². The van der Waals surface area contributed by atoms with Crippen LogP contribution in [0.4, 0.5) is 19.2 Å². The summed E-state index contributed by atoms with van der Waals surface area (Å²) in [6, 6.07) is 0. The number of rotatable bonds is 0. The van der Waals surface area contributed by atoms with E-state index < -0.39 is 24.6 Å². The van der Waals surface area contributed by atoms with E-state index in [0.29, 0.717) is 0 Å². The van der Waals surface area contributed by atoms with Crippen molar-refractivity contribution in [2.45, 2.75) is 0 Å². The minimum atomic E-state index is -2.33. The molecule has 0 aliphatic carbocycles. The number of hydrogen-bond donors (Lipinski definition) is 0. The van der Waals surface area contributed by atoms with Gasteiger partial charge in [0.15, 0.2) is 0 Å². The van der Waals surface area contributed by atoms with Gasteiger partial charge in [0.1, 0.15) is 0 Å². The van der Waals surface area contributed by atoms with Gasteiger partial charge in [-0.2, -0.15) is 0 Å². The fourth-order valence-electron chi connectivity index (χ4n) is 0.